The summed E-state index contributed by atoms with van der Waals surface area (Å²) >= 11 is 1.15. The highest BCUT2D eigenvalue weighted by Gasteiger charge is 2.17. The molecule has 2 N–H and O–H groups in total. The van der Waals surface area contributed by atoms with Gasteiger partial charge in [-0.15, -0.1) is 11.3 Å². The lowest BCUT2D eigenvalue weighted by molar-refractivity contribution is -0.386. The number of sulfonamides is 1. The number of nitro groups is 1. The van der Waals surface area contributed by atoms with E-state index in [4.69, 9.17) is 4.74 Å². The SMILES string of the molecule is O=C(Nc1ccc(S(=O)(=O)Nc2nccs2)cc1)c1ccn(COc2ccccc2[N+](=O)[O-])n1. The molecule has 0 unspecified atom stereocenters. The van der Waals surface area contributed by atoms with Crippen LogP contribution in [0.1, 0.15) is 10.5 Å². The molecule has 174 valence electrons. The van der Waals surface area contributed by atoms with Crippen molar-refractivity contribution in [2.45, 2.75) is 11.6 Å². The standard InChI is InChI=1S/C20H16N6O6S2/c27-19(16-9-11-25(23-16)13-32-18-4-2-1-3-17(18)26(28)29)22-14-5-7-15(8-6-14)34(30,31)24-20-21-10-12-33-20/h1-12H,13H2,(H,21,24)(H,22,27). The fourth-order valence-corrected chi connectivity index (χ4v) is 4.57. The van der Waals surface area contributed by atoms with Crippen LogP contribution in [0, 0.1) is 10.1 Å². The van der Waals surface area contributed by atoms with Crippen LogP contribution in [0.2, 0.25) is 0 Å². The zero-order valence-corrected chi connectivity index (χ0v) is 18.8. The first kappa shape index (κ1) is 22.9. The van der Waals surface area contributed by atoms with Crippen molar-refractivity contribution in [2.24, 2.45) is 0 Å². The maximum absolute atomic E-state index is 12.5. The Morgan fingerprint density at radius 1 is 1.15 bits per heavy atom. The Hall–Kier alpha value is -4.30. The predicted octanol–water partition coefficient (Wildman–Crippen LogP) is 3.34. The first-order valence-corrected chi connectivity index (χ1v) is 11.9. The molecule has 14 heteroatoms. The molecular formula is C20H16N6O6S2. The Labute approximate surface area is 197 Å². The number of anilines is 2. The Kier molecular flexibility index (Phi) is 6.51. The Bertz CT molecular complexity index is 1420. The van der Waals surface area contributed by atoms with E-state index in [2.05, 4.69) is 20.1 Å². The highest BCUT2D eigenvalue weighted by molar-refractivity contribution is 7.93. The lowest BCUT2D eigenvalue weighted by Gasteiger charge is -2.07. The number of amides is 1. The van der Waals surface area contributed by atoms with Crippen LogP contribution in [0.4, 0.5) is 16.5 Å². The number of carbonyl (C=O) groups excluding carboxylic acids is 1. The third-order valence-corrected chi connectivity index (χ3v) is 6.54. The lowest BCUT2D eigenvalue weighted by Crippen LogP contribution is -2.15. The number of nitrogens with one attached hydrogen (secondary N) is 2. The van der Waals surface area contributed by atoms with Gasteiger partial charge in [0.1, 0.15) is 0 Å². The molecule has 4 aromatic rings. The molecule has 0 saturated carbocycles. The predicted molar refractivity (Wildman–Crippen MR) is 123 cm³/mol. The molecule has 0 bridgehead atoms. The molecule has 0 aliphatic rings. The molecule has 4 rings (SSSR count). The van der Waals surface area contributed by atoms with Gasteiger partial charge >= 0.3 is 5.69 Å². The summed E-state index contributed by atoms with van der Waals surface area (Å²) in [5.74, 6) is -0.450. The van der Waals surface area contributed by atoms with Crippen molar-refractivity contribution < 1.29 is 22.9 Å². The van der Waals surface area contributed by atoms with Crippen LogP contribution >= 0.6 is 11.3 Å². The molecule has 2 heterocycles. The van der Waals surface area contributed by atoms with Gasteiger partial charge in [-0.25, -0.2) is 18.1 Å². The summed E-state index contributed by atoms with van der Waals surface area (Å²) in [5.41, 5.74) is 0.261. The summed E-state index contributed by atoms with van der Waals surface area (Å²) in [7, 11) is -3.80. The summed E-state index contributed by atoms with van der Waals surface area (Å²) in [6.45, 7) is -0.142. The summed E-state index contributed by atoms with van der Waals surface area (Å²) in [6.07, 6.45) is 2.98. The van der Waals surface area contributed by atoms with Crippen molar-refractivity contribution in [3.05, 3.63) is 88.2 Å². The molecule has 34 heavy (non-hydrogen) atoms. The van der Waals surface area contributed by atoms with E-state index in [9.17, 15) is 23.3 Å². The summed E-state index contributed by atoms with van der Waals surface area (Å²) in [6, 6.07) is 13.0. The van der Waals surface area contributed by atoms with E-state index < -0.39 is 20.9 Å². The topological polar surface area (TPSA) is 158 Å². The van der Waals surface area contributed by atoms with Crippen LogP contribution in [0.15, 0.2) is 77.3 Å². The van der Waals surface area contributed by atoms with Crippen molar-refractivity contribution in [1.82, 2.24) is 14.8 Å². The molecule has 0 atom stereocenters. The minimum atomic E-state index is -3.80. The van der Waals surface area contributed by atoms with Gasteiger partial charge in [-0.2, -0.15) is 5.10 Å². The molecule has 0 radical (unpaired) electrons. The van der Waals surface area contributed by atoms with Gasteiger partial charge < -0.3 is 10.1 Å². The van der Waals surface area contributed by atoms with Crippen LogP contribution in [-0.2, 0) is 16.8 Å². The number of aromatic nitrogens is 3. The number of nitro benzene ring substituents is 1. The number of hydrogen-bond acceptors (Lipinski definition) is 9. The quantitative estimate of drug-likeness (QED) is 0.261. The van der Waals surface area contributed by atoms with Gasteiger partial charge in [0.2, 0.25) is 0 Å². The largest absolute Gasteiger partial charge is 0.464 e. The highest BCUT2D eigenvalue weighted by Crippen LogP contribution is 2.26. The second kappa shape index (κ2) is 9.68. The van der Waals surface area contributed by atoms with Crippen molar-refractivity contribution in [3.8, 4) is 5.75 Å². The normalized spacial score (nSPS) is 11.1. The van der Waals surface area contributed by atoms with E-state index in [0.29, 0.717) is 5.69 Å². The smallest absolute Gasteiger partial charge is 0.311 e. The summed E-state index contributed by atoms with van der Waals surface area (Å²) in [5, 5.41) is 19.7. The number of nitrogens with zero attached hydrogens (tertiary/aromatic N) is 4. The van der Waals surface area contributed by atoms with Gasteiger partial charge in [-0.1, -0.05) is 12.1 Å². The number of ether oxygens (including phenoxy) is 1. The first-order valence-electron chi connectivity index (χ1n) is 9.55. The van der Waals surface area contributed by atoms with E-state index in [1.165, 1.54) is 65.6 Å². The van der Waals surface area contributed by atoms with Crippen molar-refractivity contribution in [1.29, 1.82) is 0 Å². The van der Waals surface area contributed by atoms with Crippen LogP contribution < -0.4 is 14.8 Å². The maximum atomic E-state index is 12.5. The third kappa shape index (κ3) is 5.36. The van der Waals surface area contributed by atoms with E-state index in [0.717, 1.165) is 11.3 Å². The summed E-state index contributed by atoms with van der Waals surface area (Å²) < 4.78 is 33.9. The van der Waals surface area contributed by atoms with E-state index in [1.807, 2.05) is 0 Å². The average molecular weight is 501 g/mol. The monoisotopic (exact) mass is 500 g/mol. The van der Waals surface area contributed by atoms with Gasteiger partial charge in [0.15, 0.2) is 23.3 Å². The lowest BCUT2D eigenvalue weighted by atomic mass is 10.3. The highest BCUT2D eigenvalue weighted by atomic mass is 32.2. The Balaban J connectivity index is 1.37. The molecule has 12 nitrogen and oxygen atoms in total. The molecule has 0 aliphatic heterocycles. The van der Waals surface area contributed by atoms with E-state index >= 15 is 0 Å². The molecule has 0 spiro atoms. The van der Waals surface area contributed by atoms with Gasteiger partial charge in [-0.3, -0.25) is 19.6 Å². The molecule has 0 fully saturated rings. The number of benzene rings is 2. The number of carbonyl (C=O) groups is 1. The molecule has 0 aliphatic carbocycles. The number of rotatable bonds is 9. The first-order chi connectivity index (χ1) is 16.3. The molecule has 2 aromatic carbocycles. The zero-order chi connectivity index (χ0) is 24.1. The van der Waals surface area contributed by atoms with E-state index in [-0.39, 0.29) is 33.9 Å². The average Bonchev–Trinajstić information content (AvgIpc) is 3.50. The minimum Gasteiger partial charge on any atom is -0.464 e. The molecule has 2 aromatic heterocycles. The maximum Gasteiger partial charge on any atom is 0.311 e. The van der Waals surface area contributed by atoms with Gasteiger partial charge in [0.25, 0.3) is 15.9 Å². The van der Waals surface area contributed by atoms with Gasteiger partial charge in [-0.05, 0) is 36.4 Å². The summed E-state index contributed by atoms with van der Waals surface area (Å²) in [4.78, 5) is 26.9. The fourth-order valence-electron chi connectivity index (χ4n) is 2.78. The Morgan fingerprint density at radius 3 is 2.62 bits per heavy atom. The Morgan fingerprint density at radius 2 is 1.91 bits per heavy atom. The molecular weight excluding hydrogens is 484 g/mol. The van der Waals surface area contributed by atoms with Crippen molar-refractivity contribution in [2.75, 3.05) is 10.0 Å². The number of thiazole rings is 1. The van der Waals surface area contributed by atoms with E-state index in [1.54, 1.807) is 11.4 Å². The van der Waals surface area contributed by atoms with Crippen molar-refractivity contribution in [3.63, 3.8) is 0 Å². The van der Waals surface area contributed by atoms with Gasteiger partial charge in [0.05, 0.1) is 9.82 Å². The van der Waals surface area contributed by atoms with Crippen LogP contribution in [0.25, 0.3) is 0 Å². The molecule has 0 saturated heterocycles. The number of hydrogen-bond donors (Lipinski definition) is 2. The van der Waals surface area contributed by atoms with Crippen LogP contribution in [-0.4, -0.2) is 34.0 Å². The molecule has 1 amide bonds. The van der Waals surface area contributed by atoms with Crippen LogP contribution in [0.5, 0.6) is 5.75 Å². The number of para-hydroxylation sites is 2. The van der Waals surface area contributed by atoms with Gasteiger partial charge in [0, 0.05) is 29.5 Å². The minimum absolute atomic E-state index is 0.0112. The second-order valence-corrected chi connectivity index (χ2v) is 9.24. The van der Waals surface area contributed by atoms with Crippen molar-refractivity contribution >= 4 is 43.8 Å². The fraction of sp³-hybridized carbons (Fsp3) is 0.0500. The third-order valence-electron chi connectivity index (χ3n) is 4.36. The van der Waals surface area contributed by atoms with Crippen LogP contribution in [0.3, 0.4) is 0 Å². The second-order valence-electron chi connectivity index (χ2n) is 6.66. The zero-order valence-electron chi connectivity index (χ0n) is 17.2.